The van der Waals surface area contributed by atoms with E-state index in [0.29, 0.717) is 38.0 Å². The molecule has 1 unspecified atom stereocenters. The number of aromatic nitrogens is 1. The maximum Gasteiger partial charge on any atom is 0.257 e. The number of aliphatic hydroxyl groups is 1. The van der Waals surface area contributed by atoms with Gasteiger partial charge in [-0.15, -0.1) is 0 Å². The summed E-state index contributed by atoms with van der Waals surface area (Å²) >= 11 is 12.2. The monoisotopic (exact) mass is 554 g/mol. The standard InChI is InChI=1S/C28H28Cl2N4O4/c1-27(37,26(36)32-22-14-33(2)15-22)18-6-11-24-23(12-18)25(35)34(16-21-10-9-20(30)13-31-21)28(24,38-3)17-4-7-19(29)8-5-17/h4-13,22,37H,14-16H2,1-3H3,(H,32,36)/t27?,28-/m1/s1. The van der Waals surface area contributed by atoms with Gasteiger partial charge in [-0.05, 0) is 49.9 Å². The van der Waals surface area contributed by atoms with Crippen LogP contribution >= 0.6 is 23.2 Å². The van der Waals surface area contributed by atoms with Crippen molar-refractivity contribution < 1.29 is 19.4 Å². The van der Waals surface area contributed by atoms with Gasteiger partial charge in [0, 0.05) is 48.1 Å². The van der Waals surface area contributed by atoms with E-state index in [-0.39, 0.29) is 18.5 Å². The van der Waals surface area contributed by atoms with Crippen molar-refractivity contribution in [2.75, 3.05) is 27.2 Å². The molecule has 0 saturated carbocycles. The number of likely N-dealkylation sites (N-methyl/N-ethyl adjacent to an activating group) is 1. The fourth-order valence-corrected chi connectivity index (χ4v) is 5.41. The maximum absolute atomic E-state index is 14.0. The lowest BCUT2D eigenvalue weighted by molar-refractivity contribution is -0.140. The van der Waals surface area contributed by atoms with E-state index in [1.165, 1.54) is 20.2 Å². The summed E-state index contributed by atoms with van der Waals surface area (Å²) in [6.07, 6.45) is 1.52. The van der Waals surface area contributed by atoms with Crippen molar-refractivity contribution in [3.8, 4) is 0 Å². The average Bonchev–Trinajstić information content (AvgIpc) is 3.12. The number of hydrogen-bond acceptors (Lipinski definition) is 6. The topological polar surface area (TPSA) is 95.0 Å². The summed E-state index contributed by atoms with van der Waals surface area (Å²) in [6, 6.07) is 15.5. The molecule has 1 fully saturated rings. The Kier molecular flexibility index (Phi) is 6.96. The molecule has 2 aliphatic heterocycles. The number of likely N-dealkylation sites (tertiary alicyclic amines) is 1. The summed E-state index contributed by atoms with van der Waals surface area (Å²) in [4.78, 5) is 35.0. The molecule has 1 saturated heterocycles. The van der Waals surface area contributed by atoms with E-state index in [1.807, 2.05) is 19.2 Å². The summed E-state index contributed by atoms with van der Waals surface area (Å²) in [5.41, 5.74) is -0.611. The minimum absolute atomic E-state index is 0.0246. The molecule has 198 valence electrons. The Morgan fingerprint density at radius 2 is 1.84 bits per heavy atom. The van der Waals surface area contributed by atoms with E-state index in [0.717, 1.165) is 13.1 Å². The van der Waals surface area contributed by atoms with Crippen LogP contribution in [0, 0.1) is 0 Å². The van der Waals surface area contributed by atoms with Gasteiger partial charge in [-0.3, -0.25) is 19.5 Å². The number of carbonyl (C=O) groups is 2. The number of fused-ring (bicyclic) bond motifs is 1. The van der Waals surface area contributed by atoms with Gasteiger partial charge in [-0.2, -0.15) is 0 Å². The van der Waals surface area contributed by atoms with Gasteiger partial charge in [0.15, 0.2) is 11.3 Å². The first kappa shape index (κ1) is 26.6. The molecule has 38 heavy (non-hydrogen) atoms. The van der Waals surface area contributed by atoms with Gasteiger partial charge in [0.1, 0.15) is 0 Å². The number of amides is 2. The lowest BCUT2D eigenvalue weighted by atomic mass is 9.88. The van der Waals surface area contributed by atoms with Crippen LogP contribution in [0.4, 0.5) is 0 Å². The van der Waals surface area contributed by atoms with Gasteiger partial charge in [0.05, 0.1) is 23.3 Å². The molecular formula is C28H28Cl2N4O4. The minimum atomic E-state index is -1.84. The number of ether oxygens (including phenoxy) is 1. The first-order valence-corrected chi connectivity index (χ1v) is 12.9. The van der Waals surface area contributed by atoms with Crippen molar-refractivity contribution in [3.05, 3.63) is 98.8 Å². The molecule has 2 amide bonds. The number of halogens is 2. The Morgan fingerprint density at radius 1 is 1.16 bits per heavy atom. The lowest BCUT2D eigenvalue weighted by Gasteiger charge is -2.38. The number of methoxy groups -OCH3 is 1. The first-order valence-electron chi connectivity index (χ1n) is 12.2. The fraction of sp³-hybridized carbons (Fsp3) is 0.321. The van der Waals surface area contributed by atoms with Gasteiger partial charge >= 0.3 is 0 Å². The van der Waals surface area contributed by atoms with Crippen LogP contribution in [-0.4, -0.2) is 65.0 Å². The van der Waals surface area contributed by atoms with Crippen LogP contribution in [0.3, 0.4) is 0 Å². The van der Waals surface area contributed by atoms with E-state index in [1.54, 1.807) is 47.4 Å². The number of rotatable bonds is 7. The Morgan fingerprint density at radius 3 is 2.45 bits per heavy atom. The van der Waals surface area contributed by atoms with Crippen LogP contribution in [0.25, 0.3) is 0 Å². The molecule has 2 N–H and O–H groups in total. The third-order valence-electron chi connectivity index (χ3n) is 7.28. The second kappa shape index (κ2) is 9.94. The molecule has 0 spiro atoms. The molecule has 10 heteroatoms. The largest absolute Gasteiger partial charge is 0.376 e. The van der Waals surface area contributed by atoms with E-state index >= 15 is 0 Å². The van der Waals surface area contributed by atoms with Gasteiger partial charge in [0.25, 0.3) is 11.8 Å². The molecule has 2 aromatic carbocycles. The SMILES string of the molecule is CO[C@]1(c2ccc(Cl)cc2)c2ccc(C(C)(O)C(=O)NC3CN(C)C3)cc2C(=O)N1Cc1ccc(Cl)cn1. The quantitative estimate of drug-likeness (QED) is 0.464. The number of nitrogens with zero attached hydrogens (tertiary/aromatic N) is 3. The normalized spacial score (nSPS) is 21.1. The molecule has 2 aliphatic rings. The predicted molar refractivity (Wildman–Crippen MR) is 144 cm³/mol. The highest BCUT2D eigenvalue weighted by Gasteiger charge is 2.52. The van der Waals surface area contributed by atoms with Crippen molar-refractivity contribution in [1.82, 2.24) is 20.1 Å². The molecule has 8 nitrogen and oxygen atoms in total. The van der Waals surface area contributed by atoms with Crippen molar-refractivity contribution >= 4 is 35.0 Å². The smallest absolute Gasteiger partial charge is 0.257 e. The number of pyridine rings is 1. The summed E-state index contributed by atoms with van der Waals surface area (Å²) in [7, 11) is 3.49. The molecule has 2 atom stereocenters. The molecule has 0 radical (unpaired) electrons. The second-order valence-electron chi connectivity index (χ2n) is 9.94. The van der Waals surface area contributed by atoms with Crippen LogP contribution in [0.5, 0.6) is 0 Å². The van der Waals surface area contributed by atoms with Gasteiger partial charge in [-0.1, -0.05) is 47.5 Å². The van der Waals surface area contributed by atoms with Crippen LogP contribution in [0.15, 0.2) is 60.8 Å². The number of hydrogen-bond donors (Lipinski definition) is 2. The third-order valence-corrected chi connectivity index (χ3v) is 7.76. The zero-order valence-electron chi connectivity index (χ0n) is 21.2. The van der Waals surface area contributed by atoms with Crippen LogP contribution in [-0.2, 0) is 27.4 Å². The Bertz CT molecular complexity index is 1370. The first-order chi connectivity index (χ1) is 18.1. The highest BCUT2D eigenvalue weighted by molar-refractivity contribution is 6.30. The highest BCUT2D eigenvalue weighted by atomic mass is 35.5. The van der Waals surface area contributed by atoms with Gasteiger partial charge in [0.2, 0.25) is 0 Å². The van der Waals surface area contributed by atoms with Gasteiger partial charge in [-0.25, -0.2) is 0 Å². The van der Waals surface area contributed by atoms with Crippen molar-refractivity contribution in [2.24, 2.45) is 0 Å². The Labute approximate surface area is 231 Å². The maximum atomic E-state index is 14.0. The highest BCUT2D eigenvalue weighted by Crippen LogP contribution is 2.46. The lowest BCUT2D eigenvalue weighted by Crippen LogP contribution is -2.60. The Balaban J connectivity index is 1.57. The van der Waals surface area contributed by atoms with Gasteiger partial charge < -0.3 is 20.1 Å². The van der Waals surface area contributed by atoms with Crippen LogP contribution < -0.4 is 5.32 Å². The fourth-order valence-electron chi connectivity index (χ4n) is 5.17. The summed E-state index contributed by atoms with van der Waals surface area (Å²) in [5.74, 6) is -0.842. The molecule has 3 heterocycles. The summed E-state index contributed by atoms with van der Waals surface area (Å²) in [5, 5.41) is 15.2. The molecule has 3 aromatic rings. The zero-order valence-corrected chi connectivity index (χ0v) is 22.8. The molecule has 5 rings (SSSR count). The molecule has 0 aliphatic carbocycles. The number of benzene rings is 2. The van der Waals surface area contributed by atoms with E-state index < -0.39 is 17.2 Å². The molecule has 0 bridgehead atoms. The van der Waals surface area contributed by atoms with Crippen molar-refractivity contribution in [2.45, 2.75) is 30.8 Å². The van der Waals surface area contributed by atoms with Crippen molar-refractivity contribution in [3.63, 3.8) is 0 Å². The third kappa shape index (κ3) is 4.46. The summed E-state index contributed by atoms with van der Waals surface area (Å²) in [6.45, 7) is 3.00. The minimum Gasteiger partial charge on any atom is -0.376 e. The predicted octanol–water partition coefficient (Wildman–Crippen LogP) is 3.53. The Hall–Kier alpha value is -3.01. The molecule has 1 aromatic heterocycles. The van der Waals surface area contributed by atoms with E-state index in [9.17, 15) is 14.7 Å². The summed E-state index contributed by atoms with van der Waals surface area (Å²) < 4.78 is 6.15. The van der Waals surface area contributed by atoms with E-state index in [2.05, 4.69) is 15.2 Å². The van der Waals surface area contributed by atoms with E-state index in [4.69, 9.17) is 27.9 Å². The average molecular weight is 555 g/mol. The van der Waals surface area contributed by atoms with Crippen LogP contribution in [0.1, 0.15) is 39.7 Å². The number of carbonyl (C=O) groups excluding carboxylic acids is 2. The number of nitrogens with one attached hydrogen (secondary N) is 1. The second-order valence-corrected chi connectivity index (χ2v) is 10.8. The van der Waals surface area contributed by atoms with Crippen LogP contribution in [0.2, 0.25) is 10.0 Å². The molecular weight excluding hydrogens is 527 g/mol. The zero-order chi connectivity index (χ0) is 27.2. The van der Waals surface area contributed by atoms with Crippen molar-refractivity contribution in [1.29, 1.82) is 0 Å².